The lowest BCUT2D eigenvalue weighted by atomic mass is 10.1. The lowest BCUT2D eigenvalue weighted by Gasteiger charge is -2.08. The molecule has 0 unspecified atom stereocenters. The summed E-state index contributed by atoms with van der Waals surface area (Å²) in [4.78, 5) is 12.9. The second kappa shape index (κ2) is 5.37. The molecular weight excluding hydrogens is 240 g/mol. The van der Waals surface area contributed by atoms with E-state index in [4.69, 9.17) is 16.9 Å². The Labute approximate surface area is 104 Å². The summed E-state index contributed by atoms with van der Waals surface area (Å²) < 4.78 is 0. The highest BCUT2D eigenvalue weighted by Gasteiger charge is 2.11. The van der Waals surface area contributed by atoms with Gasteiger partial charge in [-0.1, -0.05) is 17.7 Å². The second-order valence-corrected chi connectivity index (χ2v) is 3.99. The molecular formula is C12H11ClN2O2. The van der Waals surface area contributed by atoms with Gasteiger partial charge >= 0.3 is 0 Å². The molecule has 1 amide bonds. The zero-order valence-electron chi connectivity index (χ0n) is 9.44. The van der Waals surface area contributed by atoms with Gasteiger partial charge < -0.3 is 10.0 Å². The van der Waals surface area contributed by atoms with Gasteiger partial charge in [-0.15, -0.1) is 0 Å². The Bertz CT molecular complexity index is 516. The molecule has 0 saturated heterocycles. The van der Waals surface area contributed by atoms with Gasteiger partial charge in [-0.05, 0) is 23.8 Å². The standard InChI is InChI=1S/C12H11ClN2O2/c1-15(2)12(17)9(7-14)5-8-3-4-11(16)10(13)6-8/h3-6,16H,1-2H3/b9-5-. The van der Waals surface area contributed by atoms with Crippen LogP contribution in [0.25, 0.3) is 6.08 Å². The number of nitrogens with zero attached hydrogens (tertiary/aromatic N) is 2. The molecule has 1 aromatic rings. The van der Waals surface area contributed by atoms with Crippen LogP contribution in [0.3, 0.4) is 0 Å². The molecule has 17 heavy (non-hydrogen) atoms. The molecule has 1 N–H and O–H groups in total. The molecule has 1 aromatic carbocycles. The van der Waals surface area contributed by atoms with Gasteiger partial charge in [0.1, 0.15) is 17.4 Å². The maximum atomic E-state index is 11.6. The molecule has 4 nitrogen and oxygen atoms in total. The zero-order chi connectivity index (χ0) is 13.0. The fraction of sp³-hybridized carbons (Fsp3) is 0.167. The van der Waals surface area contributed by atoms with E-state index in [1.807, 2.05) is 6.07 Å². The van der Waals surface area contributed by atoms with Crippen molar-refractivity contribution in [3.05, 3.63) is 34.4 Å². The molecule has 0 aliphatic heterocycles. The van der Waals surface area contributed by atoms with E-state index < -0.39 is 0 Å². The van der Waals surface area contributed by atoms with Gasteiger partial charge in [0.2, 0.25) is 0 Å². The summed E-state index contributed by atoms with van der Waals surface area (Å²) in [6.07, 6.45) is 1.42. The molecule has 0 aliphatic carbocycles. The van der Waals surface area contributed by atoms with Crippen LogP contribution >= 0.6 is 11.6 Å². The van der Waals surface area contributed by atoms with E-state index in [2.05, 4.69) is 0 Å². The molecule has 1 rings (SSSR count). The van der Waals surface area contributed by atoms with Crippen LogP contribution < -0.4 is 0 Å². The van der Waals surface area contributed by atoms with Crippen LogP contribution in [0.15, 0.2) is 23.8 Å². The quantitative estimate of drug-likeness (QED) is 0.645. The van der Waals surface area contributed by atoms with Gasteiger partial charge in [0.05, 0.1) is 5.02 Å². The Morgan fingerprint density at radius 2 is 2.18 bits per heavy atom. The fourth-order valence-electron chi connectivity index (χ4n) is 1.16. The van der Waals surface area contributed by atoms with E-state index in [9.17, 15) is 9.90 Å². The van der Waals surface area contributed by atoms with Crippen LogP contribution in [0.4, 0.5) is 0 Å². The number of aromatic hydroxyl groups is 1. The van der Waals surface area contributed by atoms with Gasteiger partial charge in [-0.2, -0.15) is 5.26 Å². The minimum atomic E-state index is -0.378. The van der Waals surface area contributed by atoms with Crippen LogP contribution in [0.2, 0.25) is 5.02 Å². The van der Waals surface area contributed by atoms with E-state index in [0.29, 0.717) is 5.56 Å². The van der Waals surface area contributed by atoms with Gasteiger partial charge in [-0.3, -0.25) is 4.79 Å². The summed E-state index contributed by atoms with van der Waals surface area (Å²) in [6, 6.07) is 6.29. The minimum absolute atomic E-state index is 0.0109. The highest BCUT2D eigenvalue weighted by atomic mass is 35.5. The molecule has 0 aromatic heterocycles. The molecule has 0 saturated carbocycles. The average Bonchev–Trinajstić information content (AvgIpc) is 2.29. The number of hydrogen-bond acceptors (Lipinski definition) is 3. The average molecular weight is 251 g/mol. The molecule has 5 heteroatoms. The third-order valence-corrected chi connectivity index (χ3v) is 2.34. The van der Waals surface area contributed by atoms with E-state index in [-0.39, 0.29) is 22.3 Å². The van der Waals surface area contributed by atoms with Gasteiger partial charge in [0.25, 0.3) is 5.91 Å². The Hall–Kier alpha value is -1.99. The molecule has 0 bridgehead atoms. The predicted octanol–water partition coefficient (Wildman–Crippen LogP) is 2.04. The molecule has 0 fully saturated rings. The monoisotopic (exact) mass is 250 g/mol. The van der Waals surface area contributed by atoms with Crippen molar-refractivity contribution >= 4 is 23.6 Å². The summed E-state index contributed by atoms with van der Waals surface area (Å²) >= 11 is 5.73. The van der Waals surface area contributed by atoms with E-state index in [1.165, 1.54) is 23.1 Å². The van der Waals surface area contributed by atoms with Crippen molar-refractivity contribution in [3.63, 3.8) is 0 Å². The second-order valence-electron chi connectivity index (χ2n) is 3.58. The number of hydrogen-bond donors (Lipinski definition) is 1. The van der Waals surface area contributed by atoms with E-state index in [1.54, 1.807) is 20.2 Å². The smallest absolute Gasteiger partial charge is 0.264 e. The number of carbonyl (C=O) groups excluding carboxylic acids is 1. The first-order valence-corrected chi connectivity index (χ1v) is 5.15. The summed E-state index contributed by atoms with van der Waals surface area (Å²) in [5.41, 5.74) is 0.594. The van der Waals surface area contributed by atoms with Crippen LogP contribution in [0.1, 0.15) is 5.56 Å². The summed E-state index contributed by atoms with van der Waals surface area (Å²) in [6.45, 7) is 0. The largest absolute Gasteiger partial charge is 0.506 e. The molecule has 0 atom stereocenters. The Morgan fingerprint density at radius 3 is 2.65 bits per heavy atom. The van der Waals surface area contributed by atoms with Crippen molar-refractivity contribution in [3.8, 4) is 11.8 Å². The number of rotatable bonds is 2. The van der Waals surface area contributed by atoms with Crippen molar-refractivity contribution in [2.24, 2.45) is 0 Å². The number of nitriles is 1. The van der Waals surface area contributed by atoms with Crippen LogP contribution in [-0.2, 0) is 4.79 Å². The van der Waals surface area contributed by atoms with Crippen molar-refractivity contribution in [2.45, 2.75) is 0 Å². The molecule has 0 spiro atoms. The van der Waals surface area contributed by atoms with Crippen molar-refractivity contribution in [2.75, 3.05) is 14.1 Å². The Morgan fingerprint density at radius 1 is 1.53 bits per heavy atom. The summed E-state index contributed by atoms with van der Waals surface area (Å²) in [5.74, 6) is -0.419. The lowest BCUT2D eigenvalue weighted by Crippen LogP contribution is -2.22. The van der Waals surface area contributed by atoms with Crippen LogP contribution in [0, 0.1) is 11.3 Å². The summed E-state index contributed by atoms with van der Waals surface area (Å²) in [7, 11) is 3.13. The van der Waals surface area contributed by atoms with E-state index >= 15 is 0 Å². The first-order valence-electron chi connectivity index (χ1n) is 4.77. The topological polar surface area (TPSA) is 64.3 Å². The highest BCUT2D eigenvalue weighted by Crippen LogP contribution is 2.24. The number of phenolic OH excluding ortho intramolecular Hbond substituents is 1. The maximum absolute atomic E-state index is 11.6. The molecule has 0 radical (unpaired) electrons. The third kappa shape index (κ3) is 3.23. The SMILES string of the molecule is CN(C)C(=O)/C(C#N)=C\c1ccc(O)c(Cl)c1. The van der Waals surface area contributed by atoms with Crippen LogP contribution in [0.5, 0.6) is 5.75 Å². The number of carbonyl (C=O) groups is 1. The number of amides is 1. The Kier molecular flexibility index (Phi) is 4.13. The number of benzene rings is 1. The van der Waals surface area contributed by atoms with Crippen molar-refractivity contribution < 1.29 is 9.90 Å². The van der Waals surface area contributed by atoms with Gasteiger partial charge in [-0.25, -0.2) is 0 Å². The van der Waals surface area contributed by atoms with E-state index in [0.717, 1.165) is 0 Å². The number of likely N-dealkylation sites (N-methyl/N-ethyl adjacent to an activating group) is 1. The number of phenols is 1. The van der Waals surface area contributed by atoms with Crippen molar-refractivity contribution in [1.82, 2.24) is 4.90 Å². The molecule has 0 aliphatic rings. The molecule has 88 valence electrons. The van der Waals surface area contributed by atoms with Gasteiger partial charge in [0, 0.05) is 14.1 Å². The summed E-state index contributed by atoms with van der Waals surface area (Å²) in [5, 5.41) is 18.3. The Balaban J connectivity index is 3.12. The first kappa shape index (κ1) is 13.1. The lowest BCUT2D eigenvalue weighted by molar-refractivity contribution is -0.124. The van der Waals surface area contributed by atoms with Gasteiger partial charge in [0.15, 0.2) is 0 Å². The molecule has 0 heterocycles. The minimum Gasteiger partial charge on any atom is -0.506 e. The number of halogens is 1. The normalized spacial score (nSPS) is 10.8. The highest BCUT2D eigenvalue weighted by molar-refractivity contribution is 6.32. The zero-order valence-corrected chi connectivity index (χ0v) is 10.2. The van der Waals surface area contributed by atoms with Crippen molar-refractivity contribution in [1.29, 1.82) is 5.26 Å². The fourth-order valence-corrected chi connectivity index (χ4v) is 1.35. The first-order chi connectivity index (χ1) is 7.95. The predicted molar refractivity (Wildman–Crippen MR) is 65.4 cm³/mol. The van der Waals surface area contributed by atoms with Crippen LogP contribution in [-0.4, -0.2) is 30.0 Å². The maximum Gasteiger partial charge on any atom is 0.264 e. The third-order valence-electron chi connectivity index (χ3n) is 2.04.